The number of benzene rings is 1. The molecule has 0 radical (unpaired) electrons. The van der Waals surface area contributed by atoms with E-state index >= 15 is 0 Å². The summed E-state index contributed by atoms with van der Waals surface area (Å²) in [4.78, 5) is 23.8. The average molecular weight is 287 g/mol. The number of hydrogen-bond donors (Lipinski definition) is 1. The summed E-state index contributed by atoms with van der Waals surface area (Å²) in [6, 6.07) is 3.16. The third kappa shape index (κ3) is 3.23. The smallest absolute Gasteiger partial charge is 0.310 e. The van der Waals surface area contributed by atoms with Gasteiger partial charge in [0, 0.05) is 24.1 Å². The number of likely N-dealkylation sites (tertiary alicyclic amines) is 1. The number of carboxylic acids is 1. The number of carbonyl (C=O) groups excluding carboxylic acids is 1. The molecule has 0 spiro atoms. The lowest BCUT2D eigenvalue weighted by Gasteiger charge is -2.36. The Labute approximate surface area is 112 Å². The molecule has 1 saturated heterocycles. The van der Waals surface area contributed by atoms with E-state index in [2.05, 4.69) is 0 Å². The van der Waals surface area contributed by atoms with E-state index in [1.54, 1.807) is 0 Å². The van der Waals surface area contributed by atoms with E-state index in [0.717, 1.165) is 23.9 Å². The van der Waals surface area contributed by atoms with Crippen LogP contribution in [0.3, 0.4) is 0 Å². The fourth-order valence-corrected chi connectivity index (χ4v) is 2.48. The lowest BCUT2D eigenvalue weighted by molar-refractivity contribution is -0.151. The summed E-state index contributed by atoms with van der Waals surface area (Å²) < 4.78 is 26.0. The van der Waals surface area contributed by atoms with E-state index < -0.39 is 23.5 Å². The molecule has 0 atom stereocenters. The van der Waals surface area contributed by atoms with Gasteiger partial charge in [-0.1, -0.05) is 0 Å². The molecule has 0 aromatic heterocycles. The van der Waals surface area contributed by atoms with Gasteiger partial charge < -0.3 is 10.0 Å². The molecule has 2 rings (SSSR count). The molecule has 19 heavy (non-hydrogen) atoms. The number of rotatable bonds is 4. The van der Waals surface area contributed by atoms with Crippen LogP contribution >= 0.6 is 11.8 Å². The van der Waals surface area contributed by atoms with Crippen LogP contribution in [0.2, 0.25) is 0 Å². The lowest BCUT2D eigenvalue weighted by atomic mass is 10.0. The zero-order valence-corrected chi connectivity index (χ0v) is 10.6. The molecule has 1 aliphatic rings. The number of carbonyl (C=O) groups is 2. The molecule has 4 nitrogen and oxygen atoms in total. The number of aliphatic carboxylic acids is 1. The number of carboxylic acid groups (broad SMARTS) is 1. The Morgan fingerprint density at radius 1 is 1.37 bits per heavy atom. The number of halogens is 2. The third-order valence-corrected chi connectivity index (χ3v) is 3.86. The van der Waals surface area contributed by atoms with Gasteiger partial charge in [0.25, 0.3) is 0 Å². The van der Waals surface area contributed by atoms with Crippen LogP contribution in [-0.2, 0) is 9.59 Å². The zero-order valence-electron chi connectivity index (χ0n) is 9.81. The lowest BCUT2D eigenvalue weighted by Crippen LogP contribution is -2.53. The zero-order chi connectivity index (χ0) is 14.0. The Kier molecular flexibility index (Phi) is 4.04. The second kappa shape index (κ2) is 5.56. The highest BCUT2D eigenvalue weighted by Crippen LogP contribution is 2.24. The first-order valence-electron chi connectivity index (χ1n) is 5.56. The highest BCUT2D eigenvalue weighted by Gasteiger charge is 2.35. The maximum Gasteiger partial charge on any atom is 0.310 e. The quantitative estimate of drug-likeness (QED) is 0.855. The molecular weight excluding hydrogens is 276 g/mol. The van der Waals surface area contributed by atoms with Crippen LogP contribution in [0.25, 0.3) is 0 Å². The van der Waals surface area contributed by atoms with E-state index in [1.165, 1.54) is 11.0 Å². The molecule has 0 aliphatic carbocycles. The molecule has 1 N–H and O–H groups in total. The van der Waals surface area contributed by atoms with Crippen molar-refractivity contribution in [2.24, 2.45) is 5.92 Å². The summed E-state index contributed by atoms with van der Waals surface area (Å²) in [5.41, 5.74) is 0. The Hall–Kier alpha value is -1.63. The minimum Gasteiger partial charge on any atom is -0.481 e. The van der Waals surface area contributed by atoms with E-state index in [-0.39, 0.29) is 29.6 Å². The largest absolute Gasteiger partial charge is 0.481 e. The van der Waals surface area contributed by atoms with Crippen molar-refractivity contribution in [1.29, 1.82) is 0 Å². The maximum atomic E-state index is 13.3. The molecule has 1 heterocycles. The van der Waals surface area contributed by atoms with E-state index in [4.69, 9.17) is 5.11 Å². The average Bonchev–Trinajstić information content (AvgIpc) is 2.25. The van der Waals surface area contributed by atoms with Crippen LogP contribution in [0.4, 0.5) is 8.78 Å². The standard InChI is InChI=1S/C12H11F2NO3S/c13-8-1-2-10(9(14)3-8)19-6-11(16)15-4-7(5-15)12(17)18/h1-3,7H,4-6H2,(H,17,18). The summed E-state index contributed by atoms with van der Waals surface area (Å²) in [6.45, 7) is 0.390. The van der Waals surface area contributed by atoms with Crippen molar-refractivity contribution >= 4 is 23.6 Å². The van der Waals surface area contributed by atoms with Crippen molar-refractivity contribution in [2.75, 3.05) is 18.8 Å². The monoisotopic (exact) mass is 287 g/mol. The summed E-state index contributed by atoms with van der Waals surface area (Å²) in [5, 5.41) is 8.67. The van der Waals surface area contributed by atoms with E-state index in [9.17, 15) is 18.4 Å². The van der Waals surface area contributed by atoms with Gasteiger partial charge >= 0.3 is 5.97 Å². The maximum absolute atomic E-state index is 13.3. The second-order valence-electron chi connectivity index (χ2n) is 4.20. The predicted octanol–water partition coefficient (Wildman–Crippen LogP) is 1.60. The van der Waals surface area contributed by atoms with Crippen LogP contribution in [0.15, 0.2) is 23.1 Å². The van der Waals surface area contributed by atoms with Gasteiger partial charge in [0.15, 0.2) is 0 Å². The Morgan fingerprint density at radius 3 is 2.63 bits per heavy atom. The second-order valence-corrected chi connectivity index (χ2v) is 5.21. The van der Waals surface area contributed by atoms with Gasteiger partial charge in [0.1, 0.15) is 11.6 Å². The molecule has 102 valence electrons. The Balaban J connectivity index is 1.83. The van der Waals surface area contributed by atoms with Gasteiger partial charge in [0.2, 0.25) is 5.91 Å². The minimum absolute atomic E-state index is 0.00882. The summed E-state index contributed by atoms with van der Waals surface area (Å²) in [7, 11) is 0. The molecule has 7 heteroatoms. The van der Waals surface area contributed by atoms with E-state index in [0.29, 0.717) is 0 Å². The molecule has 1 amide bonds. The first-order valence-corrected chi connectivity index (χ1v) is 6.54. The summed E-state index contributed by atoms with van der Waals surface area (Å²) in [6.07, 6.45) is 0. The Bertz CT molecular complexity index is 518. The molecule has 1 aliphatic heterocycles. The van der Waals surface area contributed by atoms with Crippen molar-refractivity contribution in [3.05, 3.63) is 29.8 Å². The number of amides is 1. The number of nitrogens with zero attached hydrogens (tertiary/aromatic N) is 1. The molecular formula is C12H11F2NO3S. The van der Waals surface area contributed by atoms with Crippen molar-refractivity contribution in [2.45, 2.75) is 4.90 Å². The van der Waals surface area contributed by atoms with Crippen molar-refractivity contribution < 1.29 is 23.5 Å². The van der Waals surface area contributed by atoms with E-state index in [1.807, 2.05) is 0 Å². The number of thioether (sulfide) groups is 1. The Morgan fingerprint density at radius 2 is 2.05 bits per heavy atom. The SMILES string of the molecule is O=C(O)C1CN(C(=O)CSc2ccc(F)cc2F)C1. The van der Waals surface area contributed by atoms with Crippen LogP contribution in [-0.4, -0.2) is 40.7 Å². The first kappa shape index (κ1) is 13.8. The minimum atomic E-state index is -0.915. The number of hydrogen-bond acceptors (Lipinski definition) is 3. The van der Waals surface area contributed by atoms with Crippen molar-refractivity contribution in [3.63, 3.8) is 0 Å². The van der Waals surface area contributed by atoms with Gasteiger partial charge in [0.05, 0.1) is 11.7 Å². The van der Waals surface area contributed by atoms with Crippen molar-refractivity contribution in [3.8, 4) is 0 Å². The fraction of sp³-hybridized carbons (Fsp3) is 0.333. The topological polar surface area (TPSA) is 57.6 Å². The van der Waals surface area contributed by atoms with Crippen molar-refractivity contribution in [1.82, 2.24) is 4.90 Å². The third-order valence-electron chi connectivity index (χ3n) is 2.83. The highest BCUT2D eigenvalue weighted by atomic mass is 32.2. The molecule has 0 saturated carbocycles. The van der Waals surface area contributed by atoms with Crippen LogP contribution < -0.4 is 0 Å². The summed E-state index contributed by atoms with van der Waals surface area (Å²) in [5.74, 6) is -3.02. The van der Waals surface area contributed by atoms with Gasteiger partial charge in [-0.25, -0.2) is 8.78 Å². The van der Waals surface area contributed by atoms with Gasteiger partial charge in [-0.15, -0.1) is 11.8 Å². The molecule has 0 unspecified atom stereocenters. The molecule has 1 fully saturated rings. The van der Waals surface area contributed by atoms with Crippen LogP contribution in [0, 0.1) is 17.6 Å². The molecule has 0 bridgehead atoms. The normalized spacial score (nSPS) is 15.2. The summed E-state index contributed by atoms with van der Waals surface area (Å²) >= 11 is 0.971. The fourth-order valence-electron chi connectivity index (χ4n) is 1.66. The first-order chi connectivity index (χ1) is 8.97. The van der Waals surface area contributed by atoms with Gasteiger partial charge in [-0.2, -0.15) is 0 Å². The van der Waals surface area contributed by atoms with Crippen LogP contribution in [0.5, 0.6) is 0 Å². The molecule has 1 aromatic carbocycles. The van der Waals surface area contributed by atoms with Crippen LogP contribution in [0.1, 0.15) is 0 Å². The predicted molar refractivity (Wildman–Crippen MR) is 64.8 cm³/mol. The van der Waals surface area contributed by atoms with Gasteiger partial charge in [-0.3, -0.25) is 9.59 Å². The molecule has 1 aromatic rings. The highest BCUT2D eigenvalue weighted by molar-refractivity contribution is 8.00. The van der Waals surface area contributed by atoms with Gasteiger partial charge in [-0.05, 0) is 12.1 Å².